The van der Waals surface area contributed by atoms with Crippen molar-refractivity contribution >= 4 is 22.9 Å². The third-order valence-electron chi connectivity index (χ3n) is 5.27. The molecule has 0 aliphatic heterocycles. The molecule has 0 amide bonds. The SMILES string of the molecule is Cc1nc(COc2cc(C)n(-c3cc(-c4ccnc(C(C)(C)C)n4)cnc3C)c(=O)c2Cl)cs1. The summed E-state index contributed by atoms with van der Waals surface area (Å²) in [6.07, 6.45) is 3.50. The molecular formula is C25H26ClN5O2S. The van der Waals surface area contributed by atoms with E-state index in [2.05, 4.69) is 35.7 Å². The maximum atomic E-state index is 13.3. The van der Waals surface area contributed by atoms with Gasteiger partial charge in [0.15, 0.2) is 0 Å². The number of aromatic nitrogens is 5. The average molecular weight is 496 g/mol. The second-order valence-electron chi connectivity index (χ2n) is 9.10. The lowest BCUT2D eigenvalue weighted by Crippen LogP contribution is -2.23. The van der Waals surface area contributed by atoms with Crippen LogP contribution in [0.15, 0.2) is 40.8 Å². The standard InChI is InChI=1S/C25H26ClN5O2S/c1-14-9-21(33-12-18-13-34-16(3)29-18)22(26)23(32)31(14)20-10-17(11-28-15(20)2)19-7-8-27-24(30-19)25(4,5)6/h7-11,13H,12H2,1-6H3. The first-order chi connectivity index (χ1) is 16.0. The zero-order valence-electron chi connectivity index (χ0n) is 20.0. The number of hydrogen-bond acceptors (Lipinski definition) is 7. The fourth-order valence-electron chi connectivity index (χ4n) is 3.48. The van der Waals surface area contributed by atoms with Crippen molar-refractivity contribution in [3.05, 3.63) is 79.3 Å². The molecule has 0 saturated heterocycles. The Bertz CT molecular complexity index is 1420. The van der Waals surface area contributed by atoms with Gasteiger partial charge in [0.05, 0.1) is 27.8 Å². The molecule has 0 aromatic carbocycles. The molecule has 4 heterocycles. The van der Waals surface area contributed by atoms with Crippen molar-refractivity contribution in [2.24, 2.45) is 0 Å². The fraction of sp³-hybridized carbons (Fsp3) is 0.320. The predicted octanol–water partition coefficient (Wildman–Crippen LogP) is 5.60. The lowest BCUT2D eigenvalue weighted by molar-refractivity contribution is 0.301. The van der Waals surface area contributed by atoms with E-state index in [-0.39, 0.29) is 22.6 Å². The highest BCUT2D eigenvalue weighted by Crippen LogP contribution is 2.28. The topological polar surface area (TPSA) is 82.8 Å². The summed E-state index contributed by atoms with van der Waals surface area (Å²) in [5.74, 6) is 1.07. The molecule has 4 aromatic heterocycles. The highest BCUT2D eigenvalue weighted by molar-refractivity contribution is 7.09. The largest absolute Gasteiger partial charge is 0.485 e. The third kappa shape index (κ3) is 4.88. The van der Waals surface area contributed by atoms with Gasteiger partial charge >= 0.3 is 0 Å². The fourth-order valence-corrected chi connectivity index (χ4v) is 4.27. The van der Waals surface area contributed by atoms with E-state index < -0.39 is 0 Å². The second kappa shape index (κ2) is 9.27. The van der Waals surface area contributed by atoms with Crippen molar-refractivity contribution < 1.29 is 4.74 Å². The van der Waals surface area contributed by atoms with Crippen molar-refractivity contribution in [2.75, 3.05) is 0 Å². The van der Waals surface area contributed by atoms with Crippen LogP contribution in [0.4, 0.5) is 0 Å². The molecule has 176 valence electrons. The molecule has 0 saturated carbocycles. The molecule has 34 heavy (non-hydrogen) atoms. The molecule has 0 fully saturated rings. The number of aryl methyl sites for hydroxylation is 3. The van der Waals surface area contributed by atoms with E-state index >= 15 is 0 Å². The van der Waals surface area contributed by atoms with Gasteiger partial charge in [0.2, 0.25) is 0 Å². The Hall–Kier alpha value is -3.10. The van der Waals surface area contributed by atoms with Crippen LogP contribution in [0.3, 0.4) is 0 Å². The summed E-state index contributed by atoms with van der Waals surface area (Å²) in [5.41, 5.74) is 3.78. The lowest BCUT2D eigenvalue weighted by Gasteiger charge is -2.18. The summed E-state index contributed by atoms with van der Waals surface area (Å²) >= 11 is 8.00. The third-order valence-corrected chi connectivity index (χ3v) is 6.44. The molecule has 0 bridgehead atoms. The minimum atomic E-state index is -0.369. The Morgan fingerprint density at radius 3 is 2.56 bits per heavy atom. The van der Waals surface area contributed by atoms with Gasteiger partial charge in [-0.15, -0.1) is 11.3 Å². The van der Waals surface area contributed by atoms with Crippen molar-refractivity contribution in [1.82, 2.24) is 24.5 Å². The summed E-state index contributed by atoms with van der Waals surface area (Å²) in [6, 6.07) is 5.50. The molecule has 0 spiro atoms. The van der Waals surface area contributed by atoms with E-state index in [0.29, 0.717) is 22.8 Å². The minimum absolute atomic E-state index is 0.0133. The van der Waals surface area contributed by atoms with Crippen molar-refractivity contribution in [1.29, 1.82) is 0 Å². The van der Waals surface area contributed by atoms with E-state index in [1.807, 2.05) is 38.3 Å². The minimum Gasteiger partial charge on any atom is -0.485 e. The zero-order valence-corrected chi connectivity index (χ0v) is 21.6. The number of hydrogen-bond donors (Lipinski definition) is 0. The predicted molar refractivity (Wildman–Crippen MR) is 135 cm³/mol. The number of ether oxygens (including phenoxy) is 1. The van der Waals surface area contributed by atoms with Crippen LogP contribution in [-0.4, -0.2) is 24.5 Å². The van der Waals surface area contributed by atoms with Gasteiger partial charge in [-0.1, -0.05) is 32.4 Å². The van der Waals surface area contributed by atoms with Crippen LogP contribution >= 0.6 is 22.9 Å². The van der Waals surface area contributed by atoms with E-state index in [0.717, 1.165) is 27.8 Å². The van der Waals surface area contributed by atoms with Gasteiger partial charge in [-0.05, 0) is 32.9 Å². The summed E-state index contributed by atoms with van der Waals surface area (Å²) in [7, 11) is 0. The second-order valence-corrected chi connectivity index (χ2v) is 10.5. The van der Waals surface area contributed by atoms with Gasteiger partial charge in [0, 0.05) is 40.5 Å². The van der Waals surface area contributed by atoms with Crippen LogP contribution < -0.4 is 10.3 Å². The van der Waals surface area contributed by atoms with Gasteiger partial charge < -0.3 is 4.74 Å². The van der Waals surface area contributed by atoms with Crippen LogP contribution in [0.5, 0.6) is 5.75 Å². The smallest absolute Gasteiger partial charge is 0.277 e. The number of pyridine rings is 2. The maximum Gasteiger partial charge on any atom is 0.277 e. The molecule has 0 aliphatic rings. The molecule has 7 nitrogen and oxygen atoms in total. The van der Waals surface area contributed by atoms with Crippen LogP contribution in [0.25, 0.3) is 16.9 Å². The summed E-state index contributed by atoms with van der Waals surface area (Å²) in [6.45, 7) is 12.1. The monoisotopic (exact) mass is 495 g/mol. The van der Waals surface area contributed by atoms with E-state index in [4.69, 9.17) is 21.3 Å². The maximum absolute atomic E-state index is 13.3. The molecule has 0 aliphatic carbocycles. The van der Waals surface area contributed by atoms with Crippen LogP contribution in [0.1, 0.15) is 48.7 Å². The van der Waals surface area contributed by atoms with E-state index in [9.17, 15) is 4.79 Å². The number of rotatable bonds is 5. The first kappa shape index (κ1) is 24.0. The van der Waals surface area contributed by atoms with Crippen LogP contribution in [-0.2, 0) is 12.0 Å². The van der Waals surface area contributed by atoms with Crippen molar-refractivity contribution in [3.8, 4) is 22.7 Å². The Labute approximate surface area is 207 Å². The Kier molecular flexibility index (Phi) is 6.55. The highest BCUT2D eigenvalue weighted by Gasteiger charge is 2.20. The number of nitrogens with zero attached hydrogens (tertiary/aromatic N) is 5. The van der Waals surface area contributed by atoms with Crippen molar-refractivity contribution in [2.45, 2.75) is 53.6 Å². The quantitative estimate of drug-likeness (QED) is 0.358. The lowest BCUT2D eigenvalue weighted by atomic mass is 9.95. The molecule has 0 N–H and O–H groups in total. The Balaban J connectivity index is 1.73. The molecule has 0 unspecified atom stereocenters. The molecule has 4 rings (SSSR count). The number of halogens is 1. The van der Waals surface area contributed by atoms with Gasteiger partial charge in [-0.3, -0.25) is 14.3 Å². The summed E-state index contributed by atoms with van der Waals surface area (Å²) in [4.78, 5) is 31.3. The molecule has 0 radical (unpaired) electrons. The molecule has 0 atom stereocenters. The Morgan fingerprint density at radius 1 is 1.12 bits per heavy atom. The highest BCUT2D eigenvalue weighted by atomic mass is 35.5. The summed E-state index contributed by atoms with van der Waals surface area (Å²) in [5, 5.41) is 2.90. The Morgan fingerprint density at radius 2 is 1.88 bits per heavy atom. The van der Waals surface area contributed by atoms with Gasteiger partial charge in [-0.25, -0.2) is 15.0 Å². The summed E-state index contributed by atoms with van der Waals surface area (Å²) < 4.78 is 7.38. The van der Waals surface area contributed by atoms with Crippen LogP contribution in [0.2, 0.25) is 5.02 Å². The van der Waals surface area contributed by atoms with Crippen molar-refractivity contribution in [3.63, 3.8) is 0 Å². The van der Waals surface area contributed by atoms with Gasteiger partial charge in [0.1, 0.15) is 23.2 Å². The van der Waals surface area contributed by atoms with E-state index in [1.165, 1.54) is 0 Å². The first-order valence-corrected chi connectivity index (χ1v) is 12.1. The average Bonchev–Trinajstić information content (AvgIpc) is 3.21. The van der Waals surface area contributed by atoms with Gasteiger partial charge in [-0.2, -0.15) is 0 Å². The van der Waals surface area contributed by atoms with Gasteiger partial charge in [0.25, 0.3) is 5.56 Å². The number of thiazole rings is 1. The molecular weight excluding hydrogens is 470 g/mol. The zero-order chi connectivity index (χ0) is 24.6. The first-order valence-electron chi connectivity index (χ1n) is 10.8. The molecule has 9 heteroatoms. The van der Waals surface area contributed by atoms with Crippen LogP contribution in [0, 0.1) is 20.8 Å². The normalized spacial score (nSPS) is 11.6. The van der Waals surface area contributed by atoms with E-state index in [1.54, 1.807) is 34.4 Å². The molecule has 4 aromatic rings.